The third-order valence-corrected chi connectivity index (χ3v) is 7.70. The number of benzene rings is 3. The molecule has 0 saturated carbocycles. The number of thiazole rings is 1. The molecule has 3 aromatic carbocycles. The molecule has 0 amide bonds. The van der Waals surface area contributed by atoms with Crippen molar-refractivity contribution in [1.82, 2.24) is 13.9 Å². The molecule has 0 unspecified atom stereocenters. The lowest BCUT2D eigenvalue weighted by molar-refractivity contribution is 0.630. The fourth-order valence-electron chi connectivity index (χ4n) is 4.18. The van der Waals surface area contributed by atoms with Crippen LogP contribution in [-0.4, -0.2) is 13.9 Å². The van der Waals surface area contributed by atoms with Gasteiger partial charge in [-0.05, 0) is 37.1 Å². The van der Waals surface area contributed by atoms with Crippen molar-refractivity contribution in [1.29, 1.82) is 0 Å². The molecule has 35 heavy (non-hydrogen) atoms. The zero-order valence-corrected chi connectivity index (χ0v) is 22.0. The highest BCUT2D eigenvalue weighted by atomic mass is 79.9. The Kier molecular flexibility index (Phi) is 6.70. The summed E-state index contributed by atoms with van der Waals surface area (Å²) < 4.78 is 6.79. The Morgan fingerprint density at radius 3 is 2.29 bits per heavy atom. The van der Waals surface area contributed by atoms with E-state index in [2.05, 4.69) is 56.2 Å². The second-order valence-electron chi connectivity index (χ2n) is 8.29. The maximum Gasteiger partial charge on any atom is 0.297 e. The molecular weight excluding hydrogens is 520 g/mol. The fraction of sp³-hybridized carbons (Fsp3) is 0.143. The summed E-state index contributed by atoms with van der Waals surface area (Å²) in [4.78, 5) is 19.2. The Labute approximate surface area is 216 Å². The van der Waals surface area contributed by atoms with E-state index in [9.17, 15) is 4.79 Å². The first-order chi connectivity index (χ1) is 17.0. The van der Waals surface area contributed by atoms with Crippen molar-refractivity contribution in [2.45, 2.75) is 19.9 Å². The first-order valence-electron chi connectivity index (χ1n) is 11.4. The van der Waals surface area contributed by atoms with E-state index in [1.807, 2.05) is 73.3 Å². The van der Waals surface area contributed by atoms with Crippen molar-refractivity contribution in [2.75, 3.05) is 0 Å². The zero-order valence-electron chi connectivity index (χ0n) is 19.6. The molecule has 0 aliphatic heterocycles. The summed E-state index contributed by atoms with van der Waals surface area (Å²) in [6.45, 7) is 2.69. The van der Waals surface area contributed by atoms with Crippen molar-refractivity contribution in [3.63, 3.8) is 0 Å². The lowest BCUT2D eigenvalue weighted by Crippen LogP contribution is -2.20. The molecule has 0 aliphatic carbocycles. The molecule has 0 radical (unpaired) electrons. The quantitative estimate of drug-likeness (QED) is 0.249. The van der Waals surface area contributed by atoms with Gasteiger partial charge in [-0.25, -0.2) is 9.67 Å². The number of para-hydroxylation sites is 1. The second kappa shape index (κ2) is 10.1. The van der Waals surface area contributed by atoms with Gasteiger partial charge in [0.25, 0.3) is 5.56 Å². The maximum absolute atomic E-state index is 13.5. The van der Waals surface area contributed by atoms with Crippen LogP contribution in [0.25, 0.3) is 16.9 Å². The van der Waals surface area contributed by atoms with Crippen LogP contribution >= 0.6 is 27.3 Å². The molecule has 2 heterocycles. The van der Waals surface area contributed by atoms with Gasteiger partial charge in [-0.3, -0.25) is 9.48 Å². The molecule has 0 spiro atoms. The molecule has 7 heteroatoms. The van der Waals surface area contributed by atoms with Gasteiger partial charge in [0.05, 0.1) is 17.1 Å². The highest BCUT2D eigenvalue weighted by Crippen LogP contribution is 2.29. The second-order valence-corrected chi connectivity index (χ2v) is 9.98. The standard InChI is InChI=1S/C28H25BrN4OS/c1-20-26(27(34)33(31(20)2)22-13-7-4-8-14-22)30-28-32(18-17-21-11-5-3-6-12-21)25(19-35-28)23-15-9-10-16-24(23)29/h3-16,19H,17-18H2,1-2H3. The molecule has 0 bridgehead atoms. The molecule has 0 fully saturated rings. The third-order valence-electron chi connectivity index (χ3n) is 6.15. The normalized spacial score (nSPS) is 11.8. The average molecular weight is 546 g/mol. The monoisotopic (exact) mass is 544 g/mol. The number of aromatic nitrogens is 3. The summed E-state index contributed by atoms with van der Waals surface area (Å²) in [5.74, 6) is 0. The summed E-state index contributed by atoms with van der Waals surface area (Å²) in [6, 6.07) is 28.3. The van der Waals surface area contributed by atoms with Crippen LogP contribution in [0.3, 0.4) is 0 Å². The van der Waals surface area contributed by atoms with E-state index >= 15 is 0 Å². The van der Waals surface area contributed by atoms with Crippen LogP contribution in [0.15, 0.2) is 105 Å². The van der Waals surface area contributed by atoms with Gasteiger partial charge < -0.3 is 4.57 Å². The van der Waals surface area contributed by atoms with E-state index in [1.54, 1.807) is 16.0 Å². The van der Waals surface area contributed by atoms with Gasteiger partial charge in [-0.15, -0.1) is 11.3 Å². The molecule has 0 atom stereocenters. The summed E-state index contributed by atoms with van der Waals surface area (Å²) in [6.07, 6.45) is 0.865. The van der Waals surface area contributed by atoms with Crippen molar-refractivity contribution >= 4 is 33.0 Å². The minimum absolute atomic E-state index is 0.123. The Morgan fingerprint density at radius 2 is 1.57 bits per heavy atom. The number of nitrogens with zero attached hydrogens (tertiary/aromatic N) is 4. The van der Waals surface area contributed by atoms with E-state index in [1.165, 1.54) is 5.56 Å². The van der Waals surface area contributed by atoms with E-state index < -0.39 is 0 Å². The summed E-state index contributed by atoms with van der Waals surface area (Å²) in [5, 5.41) is 2.12. The van der Waals surface area contributed by atoms with Gasteiger partial charge in [-0.2, -0.15) is 0 Å². The molecule has 5 rings (SSSR count). The summed E-state index contributed by atoms with van der Waals surface area (Å²) in [5.41, 5.74) is 5.43. The van der Waals surface area contributed by atoms with Crippen molar-refractivity contribution in [2.24, 2.45) is 12.0 Å². The smallest absolute Gasteiger partial charge is 0.297 e. The van der Waals surface area contributed by atoms with E-state index in [-0.39, 0.29) is 5.56 Å². The van der Waals surface area contributed by atoms with Gasteiger partial charge in [0, 0.05) is 29.0 Å². The highest BCUT2D eigenvalue weighted by molar-refractivity contribution is 9.10. The van der Waals surface area contributed by atoms with E-state index in [0.29, 0.717) is 5.69 Å². The van der Waals surface area contributed by atoms with Crippen LogP contribution in [-0.2, 0) is 20.0 Å². The number of rotatable bonds is 6. The molecule has 5 nitrogen and oxygen atoms in total. The lowest BCUT2D eigenvalue weighted by Gasteiger charge is -2.11. The van der Waals surface area contributed by atoms with Crippen molar-refractivity contribution < 1.29 is 0 Å². The average Bonchev–Trinajstić information content (AvgIpc) is 3.37. The summed E-state index contributed by atoms with van der Waals surface area (Å²) >= 11 is 5.26. The topological polar surface area (TPSA) is 44.2 Å². The van der Waals surface area contributed by atoms with Gasteiger partial charge in [-0.1, -0.05) is 82.7 Å². The Hall–Kier alpha value is -3.42. The largest absolute Gasteiger partial charge is 0.316 e. The van der Waals surface area contributed by atoms with Crippen LogP contribution < -0.4 is 10.4 Å². The third kappa shape index (κ3) is 4.61. The van der Waals surface area contributed by atoms with E-state index in [0.717, 1.165) is 44.9 Å². The first kappa shape index (κ1) is 23.3. The molecule has 0 saturated heterocycles. The highest BCUT2D eigenvalue weighted by Gasteiger charge is 2.17. The fourth-order valence-corrected chi connectivity index (χ4v) is 5.60. The van der Waals surface area contributed by atoms with Crippen LogP contribution in [0.1, 0.15) is 11.3 Å². The van der Waals surface area contributed by atoms with Crippen LogP contribution in [0, 0.1) is 6.92 Å². The van der Waals surface area contributed by atoms with Gasteiger partial charge >= 0.3 is 0 Å². The number of halogens is 1. The Morgan fingerprint density at radius 1 is 0.914 bits per heavy atom. The SMILES string of the molecule is Cc1c(N=c2scc(-c3ccccc3Br)n2CCc2ccccc2)c(=O)n(-c2ccccc2)n1C. The number of hydrogen-bond acceptors (Lipinski definition) is 3. The minimum Gasteiger partial charge on any atom is -0.316 e. The molecule has 0 aliphatic rings. The number of aryl methyl sites for hydroxylation is 1. The van der Waals surface area contributed by atoms with Crippen LogP contribution in [0.2, 0.25) is 0 Å². The molecule has 5 aromatic rings. The van der Waals surface area contributed by atoms with Crippen molar-refractivity contribution in [3.05, 3.63) is 121 Å². The van der Waals surface area contributed by atoms with Gasteiger partial charge in [0.2, 0.25) is 0 Å². The van der Waals surface area contributed by atoms with Crippen LogP contribution in [0.5, 0.6) is 0 Å². The number of hydrogen-bond donors (Lipinski definition) is 0. The van der Waals surface area contributed by atoms with Gasteiger partial charge in [0.15, 0.2) is 10.5 Å². The van der Waals surface area contributed by atoms with Gasteiger partial charge in [0.1, 0.15) is 0 Å². The van der Waals surface area contributed by atoms with Crippen molar-refractivity contribution in [3.8, 4) is 16.9 Å². The first-order valence-corrected chi connectivity index (χ1v) is 13.1. The lowest BCUT2D eigenvalue weighted by atomic mass is 10.1. The minimum atomic E-state index is -0.123. The predicted molar refractivity (Wildman–Crippen MR) is 147 cm³/mol. The molecule has 2 aromatic heterocycles. The predicted octanol–water partition coefficient (Wildman–Crippen LogP) is 6.25. The Balaban J connectivity index is 1.66. The molecular formula is C28H25BrN4OS. The molecule has 0 N–H and O–H groups in total. The summed E-state index contributed by atoms with van der Waals surface area (Å²) in [7, 11) is 1.90. The molecule has 176 valence electrons. The zero-order chi connectivity index (χ0) is 24.4. The maximum atomic E-state index is 13.5. The van der Waals surface area contributed by atoms with Crippen LogP contribution in [0.4, 0.5) is 5.69 Å². The Bertz CT molecular complexity index is 1590. The van der Waals surface area contributed by atoms with E-state index in [4.69, 9.17) is 4.99 Å².